The van der Waals surface area contributed by atoms with Crippen LogP contribution in [0.25, 0.3) is 0 Å². The number of hydrogen-bond acceptors (Lipinski definition) is 5. The van der Waals surface area contributed by atoms with Crippen LogP contribution in [0.3, 0.4) is 0 Å². The fourth-order valence-corrected chi connectivity index (χ4v) is 2.44. The molecule has 0 amide bonds. The van der Waals surface area contributed by atoms with Gasteiger partial charge in [0.1, 0.15) is 17.7 Å². The van der Waals surface area contributed by atoms with Crippen LogP contribution >= 0.6 is 0 Å². The quantitative estimate of drug-likeness (QED) is 0.896. The van der Waals surface area contributed by atoms with Gasteiger partial charge in [0.25, 0.3) is 0 Å². The molecule has 2 fully saturated rings. The summed E-state index contributed by atoms with van der Waals surface area (Å²) in [5, 5.41) is 3.32. The van der Waals surface area contributed by atoms with E-state index in [4.69, 9.17) is 9.47 Å². The van der Waals surface area contributed by atoms with Gasteiger partial charge in [-0.1, -0.05) is 0 Å². The molecule has 3 rings (SSSR count). The molecule has 1 aromatic rings. The minimum Gasteiger partial charge on any atom is -0.474 e. The fraction of sp³-hybridized carbons (Fsp3) is 0.733. The van der Waals surface area contributed by atoms with Gasteiger partial charge in [0.15, 0.2) is 0 Å². The molecule has 20 heavy (non-hydrogen) atoms. The Morgan fingerprint density at radius 1 is 1.20 bits per heavy atom. The molecular weight excluding hydrogens is 254 g/mol. The Morgan fingerprint density at radius 2 is 1.95 bits per heavy atom. The Morgan fingerprint density at radius 3 is 2.60 bits per heavy atom. The van der Waals surface area contributed by atoms with Crippen molar-refractivity contribution in [1.29, 1.82) is 0 Å². The summed E-state index contributed by atoms with van der Waals surface area (Å²) < 4.78 is 11.5. The second-order valence-electron chi connectivity index (χ2n) is 5.59. The Bertz CT molecular complexity index is 468. The maximum atomic E-state index is 6.12. The van der Waals surface area contributed by atoms with Crippen molar-refractivity contribution in [2.75, 3.05) is 25.1 Å². The minimum atomic E-state index is 0.221. The van der Waals surface area contributed by atoms with Crippen LogP contribution < -0.4 is 10.1 Å². The standard InChI is InChI=1S/C15H23N3O2/c1-3-16-13-10(2)15(18-14(17-13)11-4-5-11)20-12-6-8-19-9-7-12/h11-12H,3-9H2,1-2H3,(H,16,17,18). The van der Waals surface area contributed by atoms with Gasteiger partial charge in [-0.2, -0.15) is 4.98 Å². The Labute approximate surface area is 120 Å². The molecule has 1 N–H and O–H groups in total. The van der Waals surface area contributed by atoms with Crippen molar-refractivity contribution in [3.8, 4) is 5.88 Å². The van der Waals surface area contributed by atoms with E-state index in [2.05, 4.69) is 22.2 Å². The first-order chi connectivity index (χ1) is 9.78. The van der Waals surface area contributed by atoms with E-state index in [1.807, 2.05) is 6.92 Å². The van der Waals surface area contributed by atoms with Gasteiger partial charge < -0.3 is 14.8 Å². The topological polar surface area (TPSA) is 56.3 Å². The van der Waals surface area contributed by atoms with E-state index in [-0.39, 0.29) is 6.10 Å². The molecule has 0 bridgehead atoms. The molecule has 5 heteroatoms. The van der Waals surface area contributed by atoms with Gasteiger partial charge in [-0.3, -0.25) is 0 Å². The molecule has 1 aliphatic carbocycles. The van der Waals surface area contributed by atoms with Crippen molar-refractivity contribution >= 4 is 5.82 Å². The highest BCUT2D eigenvalue weighted by Crippen LogP contribution is 2.40. The second kappa shape index (κ2) is 5.95. The molecule has 2 heterocycles. The van der Waals surface area contributed by atoms with Crippen LogP contribution in [-0.2, 0) is 4.74 Å². The highest BCUT2D eigenvalue weighted by molar-refractivity contribution is 5.49. The predicted octanol–water partition coefficient (Wildman–Crippen LogP) is 2.65. The van der Waals surface area contributed by atoms with E-state index in [1.165, 1.54) is 12.8 Å². The van der Waals surface area contributed by atoms with Crippen LogP contribution in [0.5, 0.6) is 5.88 Å². The van der Waals surface area contributed by atoms with E-state index in [9.17, 15) is 0 Å². The molecule has 0 atom stereocenters. The smallest absolute Gasteiger partial charge is 0.222 e. The van der Waals surface area contributed by atoms with Crippen LogP contribution in [0.2, 0.25) is 0 Å². The Balaban J connectivity index is 1.82. The summed E-state index contributed by atoms with van der Waals surface area (Å²) >= 11 is 0. The van der Waals surface area contributed by atoms with Crippen LogP contribution in [0, 0.1) is 6.92 Å². The number of hydrogen-bond donors (Lipinski definition) is 1. The van der Waals surface area contributed by atoms with Crippen molar-refractivity contribution in [3.63, 3.8) is 0 Å². The predicted molar refractivity (Wildman–Crippen MR) is 77.4 cm³/mol. The molecule has 110 valence electrons. The number of aromatic nitrogens is 2. The van der Waals surface area contributed by atoms with E-state index in [0.717, 1.165) is 55.7 Å². The molecule has 5 nitrogen and oxygen atoms in total. The number of nitrogens with zero attached hydrogens (tertiary/aromatic N) is 2. The zero-order valence-electron chi connectivity index (χ0n) is 12.3. The maximum absolute atomic E-state index is 6.12. The molecule has 1 aromatic heterocycles. The lowest BCUT2D eigenvalue weighted by Crippen LogP contribution is -2.27. The average molecular weight is 277 g/mol. The van der Waals surface area contributed by atoms with Gasteiger partial charge in [0, 0.05) is 25.3 Å². The zero-order valence-corrected chi connectivity index (χ0v) is 12.3. The minimum absolute atomic E-state index is 0.221. The zero-order chi connectivity index (χ0) is 13.9. The summed E-state index contributed by atoms with van der Waals surface area (Å²) in [6.07, 6.45) is 4.51. The SMILES string of the molecule is CCNc1nc(C2CC2)nc(OC2CCOCC2)c1C. The highest BCUT2D eigenvalue weighted by atomic mass is 16.5. The fourth-order valence-electron chi connectivity index (χ4n) is 2.44. The number of ether oxygens (including phenoxy) is 2. The van der Waals surface area contributed by atoms with E-state index < -0.39 is 0 Å². The molecule has 1 aliphatic heterocycles. The third-order valence-corrected chi connectivity index (χ3v) is 3.85. The van der Waals surface area contributed by atoms with E-state index >= 15 is 0 Å². The number of nitrogens with one attached hydrogen (secondary N) is 1. The van der Waals surface area contributed by atoms with Gasteiger partial charge in [0.05, 0.1) is 18.8 Å². The normalized spacial score (nSPS) is 19.9. The van der Waals surface area contributed by atoms with Crippen molar-refractivity contribution in [3.05, 3.63) is 11.4 Å². The summed E-state index contributed by atoms with van der Waals surface area (Å²) in [4.78, 5) is 9.31. The molecule has 2 aliphatic rings. The summed E-state index contributed by atoms with van der Waals surface area (Å²) in [6, 6.07) is 0. The number of anilines is 1. The first-order valence-corrected chi connectivity index (χ1v) is 7.64. The third kappa shape index (κ3) is 3.03. The van der Waals surface area contributed by atoms with Gasteiger partial charge >= 0.3 is 0 Å². The second-order valence-corrected chi connectivity index (χ2v) is 5.59. The Kier molecular flexibility index (Phi) is 4.05. The van der Waals surface area contributed by atoms with Crippen molar-refractivity contribution < 1.29 is 9.47 Å². The van der Waals surface area contributed by atoms with Crippen LogP contribution in [0.15, 0.2) is 0 Å². The Hall–Kier alpha value is -1.36. The summed E-state index contributed by atoms with van der Waals surface area (Å²) in [5.41, 5.74) is 1.02. The molecular formula is C15H23N3O2. The molecule has 0 radical (unpaired) electrons. The molecule has 1 saturated heterocycles. The van der Waals surface area contributed by atoms with Gasteiger partial charge in [-0.15, -0.1) is 0 Å². The number of rotatable bonds is 5. The molecule has 1 saturated carbocycles. The maximum Gasteiger partial charge on any atom is 0.222 e. The summed E-state index contributed by atoms with van der Waals surface area (Å²) in [6.45, 7) is 6.54. The van der Waals surface area contributed by atoms with Crippen molar-refractivity contribution in [2.45, 2.75) is 51.6 Å². The lowest BCUT2D eigenvalue weighted by atomic mass is 10.1. The lowest BCUT2D eigenvalue weighted by Gasteiger charge is -2.24. The van der Waals surface area contributed by atoms with Gasteiger partial charge in [-0.05, 0) is 26.7 Å². The van der Waals surface area contributed by atoms with Crippen LogP contribution in [-0.4, -0.2) is 35.8 Å². The summed E-state index contributed by atoms with van der Waals surface area (Å²) in [7, 11) is 0. The average Bonchev–Trinajstić information content (AvgIpc) is 3.29. The van der Waals surface area contributed by atoms with Crippen LogP contribution in [0.1, 0.15) is 49.9 Å². The van der Waals surface area contributed by atoms with E-state index in [0.29, 0.717) is 5.92 Å². The molecule has 0 unspecified atom stereocenters. The van der Waals surface area contributed by atoms with Crippen molar-refractivity contribution in [2.24, 2.45) is 0 Å². The largest absolute Gasteiger partial charge is 0.474 e. The van der Waals surface area contributed by atoms with Gasteiger partial charge in [-0.25, -0.2) is 4.98 Å². The molecule has 0 aromatic carbocycles. The van der Waals surface area contributed by atoms with Crippen LogP contribution in [0.4, 0.5) is 5.82 Å². The lowest BCUT2D eigenvalue weighted by molar-refractivity contribution is 0.0233. The monoisotopic (exact) mass is 277 g/mol. The summed E-state index contributed by atoms with van der Waals surface area (Å²) in [5.74, 6) is 3.15. The first-order valence-electron chi connectivity index (χ1n) is 7.64. The third-order valence-electron chi connectivity index (χ3n) is 3.85. The highest BCUT2D eigenvalue weighted by Gasteiger charge is 2.29. The van der Waals surface area contributed by atoms with E-state index in [1.54, 1.807) is 0 Å². The van der Waals surface area contributed by atoms with Crippen molar-refractivity contribution in [1.82, 2.24) is 9.97 Å². The van der Waals surface area contributed by atoms with Gasteiger partial charge in [0.2, 0.25) is 5.88 Å². The molecule has 0 spiro atoms. The first kappa shape index (κ1) is 13.6.